The van der Waals surface area contributed by atoms with Crippen molar-refractivity contribution in [1.29, 1.82) is 0 Å². The van der Waals surface area contributed by atoms with Gasteiger partial charge >= 0.3 is 36.1 Å². The summed E-state index contributed by atoms with van der Waals surface area (Å²) in [6.45, 7) is 7.97. The third-order valence-corrected chi connectivity index (χ3v) is 4.33. The van der Waals surface area contributed by atoms with Crippen LogP contribution >= 0.6 is 0 Å². The summed E-state index contributed by atoms with van der Waals surface area (Å²) in [4.78, 5) is 23.2. The van der Waals surface area contributed by atoms with Gasteiger partial charge < -0.3 is 9.47 Å². The molecule has 0 N–H and O–H groups in total. The first-order valence-corrected chi connectivity index (χ1v) is 9.27. The van der Waals surface area contributed by atoms with E-state index < -0.39 is 69.6 Å². The van der Waals surface area contributed by atoms with Gasteiger partial charge in [0.25, 0.3) is 0 Å². The molecule has 0 unspecified atom stereocenters. The minimum atomic E-state index is -6.29. The molecule has 1 aromatic rings. The highest BCUT2D eigenvalue weighted by Gasteiger charge is 2.66. The van der Waals surface area contributed by atoms with Gasteiger partial charge in [0.05, 0.1) is 0 Å². The zero-order valence-electron chi connectivity index (χ0n) is 18.6. The van der Waals surface area contributed by atoms with Crippen LogP contribution in [0.4, 0.5) is 43.9 Å². The number of hydrogen-bond acceptors (Lipinski definition) is 4. The normalized spacial score (nSPS) is 14.1. The summed E-state index contributed by atoms with van der Waals surface area (Å²) < 4.78 is 137. The summed E-state index contributed by atoms with van der Waals surface area (Å²) in [5.41, 5.74) is -3.34. The predicted molar refractivity (Wildman–Crippen MR) is 97.1 cm³/mol. The van der Waals surface area contributed by atoms with Crippen LogP contribution in [0.2, 0.25) is 0 Å². The Hall–Kier alpha value is -2.54. The van der Waals surface area contributed by atoms with Crippen LogP contribution in [0, 0.1) is 0 Å². The maximum absolute atomic E-state index is 13.4. The average molecular weight is 514 g/mol. The first kappa shape index (κ1) is 29.5. The molecule has 0 atom stereocenters. The third-order valence-electron chi connectivity index (χ3n) is 4.33. The minimum absolute atomic E-state index is 0.398. The lowest BCUT2D eigenvalue weighted by atomic mass is 9.81. The number of benzene rings is 1. The van der Waals surface area contributed by atoms with E-state index in [0.717, 1.165) is 0 Å². The second kappa shape index (κ2) is 8.59. The molecule has 1 aromatic carbocycles. The maximum atomic E-state index is 13.4. The summed E-state index contributed by atoms with van der Waals surface area (Å²) in [5.74, 6) is -19.6. The first-order chi connectivity index (χ1) is 14.7. The van der Waals surface area contributed by atoms with Crippen LogP contribution < -0.4 is 9.47 Å². The summed E-state index contributed by atoms with van der Waals surface area (Å²) in [6, 6.07) is 1.33. The number of alkyl halides is 10. The topological polar surface area (TPSA) is 52.6 Å². The van der Waals surface area contributed by atoms with Gasteiger partial charge in [-0.25, -0.2) is 9.59 Å². The Morgan fingerprint density at radius 1 is 0.559 bits per heavy atom. The van der Waals surface area contributed by atoms with Crippen molar-refractivity contribution < 1.29 is 63.0 Å². The van der Waals surface area contributed by atoms with E-state index in [4.69, 9.17) is 0 Å². The first-order valence-electron chi connectivity index (χ1n) is 9.27. The molecule has 34 heavy (non-hydrogen) atoms. The van der Waals surface area contributed by atoms with Crippen molar-refractivity contribution in [3.05, 3.63) is 23.3 Å². The van der Waals surface area contributed by atoms with Crippen molar-refractivity contribution >= 4 is 11.9 Å². The molecule has 194 valence electrons. The number of carbonyl (C=O) groups is 2. The molecule has 0 heterocycles. The monoisotopic (exact) mass is 514 g/mol. The Morgan fingerprint density at radius 2 is 0.794 bits per heavy atom. The van der Waals surface area contributed by atoms with Crippen molar-refractivity contribution in [2.75, 3.05) is 0 Å². The average Bonchev–Trinajstić information content (AvgIpc) is 2.58. The van der Waals surface area contributed by atoms with Gasteiger partial charge in [-0.2, -0.15) is 43.9 Å². The highest BCUT2D eigenvalue weighted by Crippen LogP contribution is 2.44. The van der Waals surface area contributed by atoms with Crippen molar-refractivity contribution in [3.63, 3.8) is 0 Å². The molecular formula is C20H20F10O4. The Bertz CT molecular complexity index is 871. The van der Waals surface area contributed by atoms with Gasteiger partial charge in [0.1, 0.15) is 11.5 Å². The highest BCUT2D eigenvalue weighted by molar-refractivity contribution is 5.83. The Morgan fingerprint density at radius 3 is 0.971 bits per heavy atom. The summed E-state index contributed by atoms with van der Waals surface area (Å²) in [7, 11) is 0. The van der Waals surface area contributed by atoms with Gasteiger partial charge in [-0.05, 0) is 23.0 Å². The van der Waals surface area contributed by atoms with Crippen LogP contribution in [0.5, 0.6) is 11.5 Å². The lowest BCUT2D eigenvalue weighted by molar-refractivity contribution is -0.277. The molecule has 0 bridgehead atoms. The van der Waals surface area contributed by atoms with E-state index in [0.29, 0.717) is 12.1 Å². The van der Waals surface area contributed by atoms with E-state index in [1.807, 2.05) is 0 Å². The van der Waals surface area contributed by atoms with Gasteiger partial charge in [-0.3, -0.25) is 0 Å². The van der Waals surface area contributed by atoms with Crippen LogP contribution in [-0.4, -0.2) is 36.1 Å². The summed E-state index contributed by atoms with van der Waals surface area (Å²) >= 11 is 0. The molecule has 0 amide bonds. The Balaban J connectivity index is 3.74. The quantitative estimate of drug-likeness (QED) is 0.262. The van der Waals surface area contributed by atoms with Crippen LogP contribution in [0.1, 0.15) is 52.7 Å². The van der Waals surface area contributed by atoms with E-state index in [-0.39, 0.29) is 0 Å². The molecule has 0 aromatic heterocycles. The predicted octanol–water partition coefficient (Wildman–Crippen LogP) is 6.49. The number of ether oxygens (including phenoxy) is 2. The number of hydrogen-bond donors (Lipinski definition) is 0. The number of halogens is 10. The summed E-state index contributed by atoms with van der Waals surface area (Å²) in [6.07, 6.45) is -12.6. The second-order valence-corrected chi connectivity index (χ2v) is 9.27. The molecule has 0 aliphatic carbocycles. The molecular weight excluding hydrogens is 494 g/mol. The van der Waals surface area contributed by atoms with Gasteiger partial charge in [0.2, 0.25) is 0 Å². The highest BCUT2D eigenvalue weighted by atomic mass is 19.4. The van der Waals surface area contributed by atoms with E-state index >= 15 is 0 Å². The van der Waals surface area contributed by atoms with Gasteiger partial charge in [0, 0.05) is 11.1 Å². The SMILES string of the molecule is CC(C)(C)c1cc(OC(=O)C(F)(F)C(F)(F)F)c(C(C)(C)C)cc1OC(=O)C(F)(F)C(F)(F)F. The fraction of sp³-hybridized carbons (Fsp3) is 0.600. The maximum Gasteiger partial charge on any atom is 0.465 e. The largest absolute Gasteiger partial charge is 0.465 e. The molecule has 0 saturated carbocycles. The Labute approximate surface area is 187 Å². The van der Waals surface area contributed by atoms with E-state index in [1.165, 1.54) is 41.5 Å². The zero-order valence-corrected chi connectivity index (χ0v) is 18.6. The standard InChI is InChI=1S/C20H20F10O4/c1-15(2,3)9-7-12(34-14(32)18(23,24)20(28,29)30)10(16(4,5)6)8-11(9)33-13(31)17(21,22)19(25,26)27/h7-8H,1-6H3. The lowest BCUT2D eigenvalue weighted by Crippen LogP contribution is -2.47. The zero-order chi connectivity index (χ0) is 27.3. The van der Waals surface area contributed by atoms with E-state index in [2.05, 4.69) is 9.47 Å². The van der Waals surface area contributed by atoms with Gasteiger partial charge in [-0.1, -0.05) is 41.5 Å². The van der Waals surface area contributed by atoms with E-state index in [1.54, 1.807) is 0 Å². The number of esters is 2. The molecule has 14 heteroatoms. The van der Waals surface area contributed by atoms with Crippen molar-refractivity contribution in [3.8, 4) is 11.5 Å². The third kappa shape index (κ3) is 5.93. The molecule has 0 saturated heterocycles. The van der Waals surface area contributed by atoms with Crippen LogP contribution in [-0.2, 0) is 20.4 Å². The van der Waals surface area contributed by atoms with Crippen molar-refractivity contribution in [2.24, 2.45) is 0 Å². The lowest BCUT2D eigenvalue weighted by Gasteiger charge is -2.29. The van der Waals surface area contributed by atoms with Crippen LogP contribution in [0.15, 0.2) is 12.1 Å². The Kier molecular flexibility index (Phi) is 7.46. The van der Waals surface area contributed by atoms with Gasteiger partial charge in [-0.15, -0.1) is 0 Å². The van der Waals surface area contributed by atoms with Crippen LogP contribution in [0.3, 0.4) is 0 Å². The number of carbonyl (C=O) groups excluding carboxylic acids is 2. The smallest absolute Gasteiger partial charge is 0.422 e. The minimum Gasteiger partial charge on any atom is -0.422 e. The molecule has 0 aliphatic rings. The van der Waals surface area contributed by atoms with Crippen molar-refractivity contribution in [2.45, 2.75) is 76.6 Å². The fourth-order valence-electron chi connectivity index (χ4n) is 2.46. The van der Waals surface area contributed by atoms with Crippen LogP contribution in [0.25, 0.3) is 0 Å². The molecule has 0 radical (unpaired) electrons. The molecule has 4 nitrogen and oxygen atoms in total. The molecule has 1 rings (SSSR count). The van der Waals surface area contributed by atoms with E-state index in [9.17, 15) is 53.5 Å². The number of rotatable bonds is 4. The summed E-state index contributed by atoms with van der Waals surface area (Å²) in [5, 5.41) is 0. The fourth-order valence-corrected chi connectivity index (χ4v) is 2.46. The second-order valence-electron chi connectivity index (χ2n) is 9.27. The van der Waals surface area contributed by atoms with Crippen molar-refractivity contribution in [1.82, 2.24) is 0 Å². The molecule has 0 fully saturated rings. The van der Waals surface area contributed by atoms with Gasteiger partial charge in [0.15, 0.2) is 0 Å². The molecule has 0 aliphatic heterocycles. The molecule has 0 spiro atoms.